The van der Waals surface area contributed by atoms with Gasteiger partial charge in [-0.3, -0.25) is 4.79 Å². The number of anilines is 1. The van der Waals surface area contributed by atoms with Crippen LogP contribution in [0.1, 0.15) is 21.9 Å². The van der Waals surface area contributed by atoms with E-state index in [0.717, 1.165) is 11.8 Å². The van der Waals surface area contributed by atoms with Crippen molar-refractivity contribution in [3.05, 3.63) is 53.2 Å². The molecule has 0 aliphatic carbocycles. The molecule has 4 nitrogen and oxygen atoms in total. The number of furan rings is 1. The predicted octanol–water partition coefficient (Wildman–Crippen LogP) is 2.58. The van der Waals surface area contributed by atoms with Crippen LogP contribution >= 0.6 is 0 Å². The molecule has 2 rings (SSSR count). The van der Waals surface area contributed by atoms with Crippen LogP contribution in [0.4, 0.5) is 10.1 Å². The first-order valence-electron chi connectivity index (χ1n) is 5.83. The molecule has 1 amide bonds. The first kappa shape index (κ1) is 13.1. The second-order valence-corrected chi connectivity index (χ2v) is 4.41. The number of aryl methyl sites for hydroxylation is 1. The van der Waals surface area contributed by atoms with Crippen molar-refractivity contribution < 1.29 is 13.6 Å². The Labute approximate surface area is 110 Å². The summed E-state index contributed by atoms with van der Waals surface area (Å²) < 4.78 is 18.6. The fourth-order valence-electron chi connectivity index (χ4n) is 1.79. The number of hydrogen-bond acceptors (Lipinski definition) is 3. The van der Waals surface area contributed by atoms with Gasteiger partial charge in [0.05, 0.1) is 12.1 Å². The van der Waals surface area contributed by atoms with E-state index in [4.69, 9.17) is 10.2 Å². The van der Waals surface area contributed by atoms with Crippen LogP contribution < -0.4 is 5.73 Å². The minimum absolute atomic E-state index is 0.158. The largest absolute Gasteiger partial charge is 0.464 e. The minimum Gasteiger partial charge on any atom is -0.464 e. The maximum Gasteiger partial charge on any atom is 0.256 e. The van der Waals surface area contributed by atoms with Crippen LogP contribution in [0.2, 0.25) is 0 Å². The molecule has 0 aliphatic heterocycles. The average Bonchev–Trinajstić information content (AvgIpc) is 2.77. The molecule has 0 bridgehead atoms. The van der Waals surface area contributed by atoms with E-state index in [1.165, 1.54) is 17.0 Å². The number of nitrogen functional groups attached to an aromatic ring is 1. The van der Waals surface area contributed by atoms with Crippen molar-refractivity contribution in [3.63, 3.8) is 0 Å². The molecule has 0 aliphatic rings. The average molecular weight is 262 g/mol. The molecular weight excluding hydrogens is 247 g/mol. The van der Waals surface area contributed by atoms with E-state index < -0.39 is 5.82 Å². The Morgan fingerprint density at radius 1 is 1.37 bits per heavy atom. The molecule has 0 saturated carbocycles. The van der Waals surface area contributed by atoms with Gasteiger partial charge in [-0.2, -0.15) is 0 Å². The van der Waals surface area contributed by atoms with Gasteiger partial charge in [0.2, 0.25) is 0 Å². The molecule has 100 valence electrons. The zero-order valence-electron chi connectivity index (χ0n) is 10.8. The number of halogens is 1. The summed E-state index contributed by atoms with van der Waals surface area (Å²) in [6.45, 7) is 2.14. The number of nitrogens with two attached hydrogens (primary N) is 1. The van der Waals surface area contributed by atoms with Gasteiger partial charge in [-0.25, -0.2) is 4.39 Å². The van der Waals surface area contributed by atoms with E-state index >= 15 is 0 Å². The Hall–Kier alpha value is -2.30. The summed E-state index contributed by atoms with van der Waals surface area (Å²) in [6, 6.07) is 7.37. The van der Waals surface area contributed by atoms with Crippen molar-refractivity contribution in [1.29, 1.82) is 0 Å². The lowest BCUT2D eigenvalue weighted by Gasteiger charge is -2.17. The third-order valence-electron chi connectivity index (χ3n) is 2.78. The zero-order chi connectivity index (χ0) is 14.0. The molecule has 0 unspecified atom stereocenters. The van der Waals surface area contributed by atoms with Crippen molar-refractivity contribution in [1.82, 2.24) is 4.90 Å². The molecule has 5 heteroatoms. The van der Waals surface area contributed by atoms with Gasteiger partial charge in [-0.1, -0.05) is 0 Å². The third kappa shape index (κ3) is 2.93. The number of carbonyl (C=O) groups is 1. The van der Waals surface area contributed by atoms with Gasteiger partial charge in [0, 0.05) is 12.7 Å². The second kappa shape index (κ2) is 5.14. The normalized spacial score (nSPS) is 10.5. The van der Waals surface area contributed by atoms with E-state index in [0.29, 0.717) is 12.3 Å². The summed E-state index contributed by atoms with van der Waals surface area (Å²) >= 11 is 0. The highest BCUT2D eigenvalue weighted by Crippen LogP contribution is 2.17. The molecule has 19 heavy (non-hydrogen) atoms. The summed E-state index contributed by atoms with van der Waals surface area (Å²) in [5.74, 6) is 0.621. The fourth-order valence-corrected chi connectivity index (χ4v) is 1.79. The molecule has 0 spiro atoms. The van der Waals surface area contributed by atoms with E-state index in [9.17, 15) is 9.18 Å². The number of rotatable bonds is 3. The van der Waals surface area contributed by atoms with E-state index in [2.05, 4.69) is 0 Å². The van der Waals surface area contributed by atoms with Crippen molar-refractivity contribution >= 4 is 11.6 Å². The lowest BCUT2D eigenvalue weighted by Crippen LogP contribution is -2.26. The van der Waals surface area contributed by atoms with Gasteiger partial charge in [-0.15, -0.1) is 0 Å². The SMILES string of the molecule is Cc1ccc(CN(C)C(=O)c2cc(F)ccc2N)o1. The quantitative estimate of drug-likeness (QED) is 0.865. The van der Waals surface area contributed by atoms with Crippen molar-refractivity contribution in [2.24, 2.45) is 0 Å². The van der Waals surface area contributed by atoms with Crippen LogP contribution in [-0.4, -0.2) is 17.9 Å². The molecule has 0 fully saturated rings. The molecule has 0 atom stereocenters. The Morgan fingerprint density at radius 2 is 2.11 bits per heavy atom. The Balaban J connectivity index is 2.16. The van der Waals surface area contributed by atoms with Gasteiger partial charge in [0.25, 0.3) is 5.91 Å². The predicted molar refractivity (Wildman–Crippen MR) is 70.1 cm³/mol. The number of nitrogens with zero attached hydrogens (tertiary/aromatic N) is 1. The molecule has 1 heterocycles. The highest BCUT2D eigenvalue weighted by molar-refractivity contribution is 5.98. The fraction of sp³-hybridized carbons (Fsp3) is 0.214. The summed E-state index contributed by atoms with van der Waals surface area (Å²) in [5.41, 5.74) is 6.10. The van der Waals surface area contributed by atoms with Crippen LogP contribution in [0.25, 0.3) is 0 Å². The smallest absolute Gasteiger partial charge is 0.256 e. The first-order chi connectivity index (χ1) is 8.97. The van der Waals surface area contributed by atoms with Crippen molar-refractivity contribution in [3.8, 4) is 0 Å². The summed E-state index contributed by atoms with van der Waals surface area (Å²) in [4.78, 5) is 13.6. The maximum absolute atomic E-state index is 13.2. The second-order valence-electron chi connectivity index (χ2n) is 4.41. The van der Waals surface area contributed by atoms with Crippen LogP contribution in [0.5, 0.6) is 0 Å². The molecule has 2 N–H and O–H groups in total. The number of amides is 1. The Bertz CT molecular complexity index is 607. The van der Waals surface area contributed by atoms with E-state index in [-0.39, 0.29) is 17.2 Å². The molecule has 0 saturated heterocycles. The standard InChI is InChI=1S/C14H15FN2O2/c1-9-3-5-11(19-9)8-17(2)14(18)12-7-10(15)4-6-13(12)16/h3-7H,8,16H2,1-2H3. The van der Waals surface area contributed by atoms with Crippen molar-refractivity contribution in [2.75, 3.05) is 12.8 Å². The lowest BCUT2D eigenvalue weighted by atomic mass is 10.1. The molecule has 1 aromatic heterocycles. The van der Waals surface area contributed by atoms with Gasteiger partial charge in [0.15, 0.2) is 0 Å². The monoisotopic (exact) mass is 262 g/mol. The number of benzene rings is 1. The van der Waals surface area contributed by atoms with E-state index in [1.54, 1.807) is 13.1 Å². The molecule has 0 radical (unpaired) electrons. The summed E-state index contributed by atoms with van der Waals surface area (Å²) in [7, 11) is 1.62. The number of carbonyl (C=O) groups excluding carboxylic acids is 1. The topological polar surface area (TPSA) is 59.5 Å². The van der Waals surface area contributed by atoms with Gasteiger partial charge < -0.3 is 15.1 Å². The lowest BCUT2D eigenvalue weighted by molar-refractivity contribution is 0.0775. The van der Waals surface area contributed by atoms with Crippen molar-refractivity contribution in [2.45, 2.75) is 13.5 Å². The number of hydrogen-bond donors (Lipinski definition) is 1. The highest BCUT2D eigenvalue weighted by Gasteiger charge is 2.16. The summed E-state index contributed by atoms with van der Waals surface area (Å²) in [6.07, 6.45) is 0. The Morgan fingerprint density at radius 3 is 2.74 bits per heavy atom. The molecular formula is C14H15FN2O2. The third-order valence-corrected chi connectivity index (χ3v) is 2.78. The van der Waals surface area contributed by atoms with Crippen LogP contribution in [0.3, 0.4) is 0 Å². The summed E-state index contributed by atoms with van der Waals surface area (Å²) in [5, 5.41) is 0. The van der Waals surface area contributed by atoms with Gasteiger partial charge in [-0.05, 0) is 37.3 Å². The van der Waals surface area contributed by atoms with E-state index in [1.807, 2.05) is 13.0 Å². The maximum atomic E-state index is 13.2. The zero-order valence-corrected chi connectivity index (χ0v) is 10.8. The van der Waals surface area contributed by atoms with Crippen LogP contribution in [0.15, 0.2) is 34.7 Å². The first-order valence-corrected chi connectivity index (χ1v) is 5.83. The highest BCUT2D eigenvalue weighted by atomic mass is 19.1. The van der Waals surface area contributed by atoms with Crippen LogP contribution in [0, 0.1) is 12.7 Å². The molecule has 2 aromatic rings. The Kier molecular flexibility index (Phi) is 3.55. The van der Waals surface area contributed by atoms with Gasteiger partial charge in [0.1, 0.15) is 17.3 Å². The molecule has 1 aromatic carbocycles. The van der Waals surface area contributed by atoms with Gasteiger partial charge >= 0.3 is 0 Å². The van der Waals surface area contributed by atoms with Crippen LogP contribution in [-0.2, 0) is 6.54 Å². The minimum atomic E-state index is -0.486.